The zero-order valence-electron chi connectivity index (χ0n) is 10.7. The van der Waals surface area contributed by atoms with Gasteiger partial charge in [-0.25, -0.2) is 4.98 Å². The fourth-order valence-corrected chi connectivity index (χ4v) is 2.11. The van der Waals surface area contributed by atoms with Gasteiger partial charge in [0.15, 0.2) is 0 Å². The van der Waals surface area contributed by atoms with E-state index in [9.17, 15) is 10.1 Å². The molecule has 0 spiro atoms. The summed E-state index contributed by atoms with van der Waals surface area (Å²) in [6.45, 7) is 0. The molecule has 0 aliphatic rings. The average molecular weight is 301 g/mol. The van der Waals surface area contributed by atoms with E-state index in [2.05, 4.69) is 15.3 Å². The summed E-state index contributed by atoms with van der Waals surface area (Å²) in [5.41, 5.74) is 2.30. The van der Waals surface area contributed by atoms with Crippen molar-refractivity contribution in [3.8, 4) is 0 Å². The van der Waals surface area contributed by atoms with E-state index >= 15 is 0 Å². The van der Waals surface area contributed by atoms with E-state index in [0.717, 1.165) is 16.8 Å². The van der Waals surface area contributed by atoms with Crippen LogP contribution in [0.1, 0.15) is 0 Å². The first-order chi connectivity index (χ1) is 10.1. The summed E-state index contributed by atoms with van der Waals surface area (Å²) in [6.07, 6.45) is 3.25. The molecule has 2 aromatic heterocycles. The minimum Gasteiger partial charge on any atom is -0.355 e. The minimum absolute atomic E-state index is 0.0485. The molecule has 1 aromatic carbocycles. The minimum atomic E-state index is -0.433. The van der Waals surface area contributed by atoms with Gasteiger partial charge in [0.2, 0.25) is 0 Å². The summed E-state index contributed by atoms with van der Waals surface area (Å²) in [5, 5.41) is 15.0. The average Bonchev–Trinajstić information content (AvgIpc) is 2.48. The topological polar surface area (TPSA) is 81.0 Å². The van der Waals surface area contributed by atoms with Gasteiger partial charge in [-0.05, 0) is 24.3 Å². The zero-order chi connectivity index (χ0) is 14.8. The molecule has 21 heavy (non-hydrogen) atoms. The van der Waals surface area contributed by atoms with Gasteiger partial charge in [0.1, 0.15) is 5.15 Å². The first kappa shape index (κ1) is 13.3. The number of hydrogen-bond acceptors (Lipinski definition) is 5. The van der Waals surface area contributed by atoms with Crippen LogP contribution < -0.4 is 5.32 Å². The van der Waals surface area contributed by atoms with Crippen molar-refractivity contribution in [1.82, 2.24) is 9.97 Å². The number of aromatic nitrogens is 2. The molecule has 0 fully saturated rings. The molecule has 7 heteroatoms. The van der Waals surface area contributed by atoms with Gasteiger partial charge in [0, 0.05) is 35.1 Å². The van der Waals surface area contributed by atoms with E-state index < -0.39 is 4.92 Å². The van der Waals surface area contributed by atoms with Crippen LogP contribution in [-0.2, 0) is 0 Å². The van der Waals surface area contributed by atoms with Crippen molar-refractivity contribution in [1.29, 1.82) is 0 Å². The highest BCUT2D eigenvalue weighted by Crippen LogP contribution is 2.27. The fourth-order valence-electron chi connectivity index (χ4n) is 1.95. The van der Waals surface area contributed by atoms with E-state index in [4.69, 9.17) is 11.6 Å². The van der Waals surface area contributed by atoms with Gasteiger partial charge < -0.3 is 5.32 Å². The summed E-state index contributed by atoms with van der Waals surface area (Å²) in [7, 11) is 0. The van der Waals surface area contributed by atoms with Gasteiger partial charge in [0.05, 0.1) is 16.6 Å². The molecule has 0 saturated carbocycles. The highest BCUT2D eigenvalue weighted by Gasteiger charge is 2.06. The number of anilines is 2. The van der Waals surface area contributed by atoms with Crippen LogP contribution in [0.4, 0.5) is 17.1 Å². The number of hydrogen-bond donors (Lipinski definition) is 1. The van der Waals surface area contributed by atoms with Crippen molar-refractivity contribution >= 4 is 39.6 Å². The molecule has 0 aliphatic heterocycles. The lowest BCUT2D eigenvalue weighted by Gasteiger charge is -2.09. The number of halogens is 1. The van der Waals surface area contributed by atoms with Crippen LogP contribution in [-0.4, -0.2) is 14.9 Å². The zero-order valence-corrected chi connectivity index (χ0v) is 11.4. The molecule has 0 unspecified atom stereocenters. The molecule has 1 N–H and O–H groups in total. The van der Waals surface area contributed by atoms with E-state index in [-0.39, 0.29) is 5.69 Å². The van der Waals surface area contributed by atoms with Crippen LogP contribution in [0.2, 0.25) is 5.15 Å². The SMILES string of the molecule is O=[N+]([O-])c1ccc(Nc2ccnc3cnc(Cl)cc23)cc1. The lowest BCUT2D eigenvalue weighted by Crippen LogP contribution is -1.94. The smallest absolute Gasteiger partial charge is 0.269 e. The van der Waals surface area contributed by atoms with Crippen LogP contribution in [0, 0.1) is 10.1 Å². The normalized spacial score (nSPS) is 10.5. The van der Waals surface area contributed by atoms with Gasteiger partial charge in [0.25, 0.3) is 5.69 Å². The Balaban J connectivity index is 1.97. The third-order valence-corrected chi connectivity index (χ3v) is 3.16. The summed E-state index contributed by atoms with van der Waals surface area (Å²) < 4.78 is 0. The molecule has 0 amide bonds. The molecule has 0 bridgehead atoms. The molecule has 0 saturated heterocycles. The quantitative estimate of drug-likeness (QED) is 0.450. The molecule has 0 aliphatic carbocycles. The maximum Gasteiger partial charge on any atom is 0.269 e. The Morgan fingerprint density at radius 2 is 1.90 bits per heavy atom. The van der Waals surface area contributed by atoms with Crippen LogP contribution >= 0.6 is 11.6 Å². The summed E-state index contributed by atoms with van der Waals surface area (Å²) in [6, 6.07) is 9.71. The monoisotopic (exact) mass is 300 g/mol. The molecule has 0 radical (unpaired) electrons. The first-order valence-electron chi connectivity index (χ1n) is 6.05. The second-order valence-corrected chi connectivity index (χ2v) is 4.70. The number of fused-ring (bicyclic) bond motifs is 1. The first-order valence-corrected chi connectivity index (χ1v) is 6.43. The Hall–Kier alpha value is -2.73. The van der Waals surface area contributed by atoms with Crippen molar-refractivity contribution in [2.24, 2.45) is 0 Å². The highest BCUT2D eigenvalue weighted by molar-refractivity contribution is 6.30. The van der Waals surface area contributed by atoms with Crippen molar-refractivity contribution in [3.05, 3.63) is 64.1 Å². The van der Waals surface area contributed by atoms with Crippen LogP contribution in [0.3, 0.4) is 0 Å². The number of rotatable bonds is 3. The third kappa shape index (κ3) is 2.75. The molecule has 0 atom stereocenters. The predicted octanol–water partition coefficient (Wildman–Crippen LogP) is 3.94. The number of nitro groups is 1. The largest absolute Gasteiger partial charge is 0.355 e. The maximum atomic E-state index is 10.6. The molecular formula is C14H9ClN4O2. The lowest BCUT2D eigenvalue weighted by molar-refractivity contribution is -0.384. The maximum absolute atomic E-state index is 10.6. The van der Waals surface area contributed by atoms with E-state index in [1.54, 1.807) is 36.7 Å². The summed E-state index contributed by atoms with van der Waals surface area (Å²) in [5.74, 6) is 0. The Morgan fingerprint density at radius 1 is 1.14 bits per heavy atom. The Morgan fingerprint density at radius 3 is 2.62 bits per heavy atom. The van der Waals surface area contributed by atoms with Gasteiger partial charge in [-0.3, -0.25) is 15.1 Å². The number of pyridine rings is 2. The standard InChI is InChI=1S/C14H9ClN4O2/c15-14-7-11-12(5-6-16-13(11)8-17-14)18-9-1-3-10(4-2-9)19(20)21/h1-8H,(H,16,18). The predicted molar refractivity (Wildman–Crippen MR) is 80.9 cm³/mol. The number of nitrogens with zero attached hydrogens (tertiary/aromatic N) is 3. The molecule has 6 nitrogen and oxygen atoms in total. The number of nitro benzene ring substituents is 1. The number of non-ortho nitro benzene ring substituents is 1. The van der Waals surface area contributed by atoms with Crippen LogP contribution in [0.15, 0.2) is 48.8 Å². The highest BCUT2D eigenvalue weighted by atomic mass is 35.5. The van der Waals surface area contributed by atoms with Crippen LogP contribution in [0.5, 0.6) is 0 Å². The van der Waals surface area contributed by atoms with Crippen molar-refractivity contribution in [2.45, 2.75) is 0 Å². The molecular weight excluding hydrogens is 292 g/mol. The lowest BCUT2D eigenvalue weighted by atomic mass is 10.2. The van der Waals surface area contributed by atoms with Gasteiger partial charge in [-0.2, -0.15) is 0 Å². The number of benzene rings is 1. The second kappa shape index (κ2) is 5.34. The molecule has 2 heterocycles. The van der Waals surface area contributed by atoms with Crippen molar-refractivity contribution in [3.63, 3.8) is 0 Å². The Bertz CT molecular complexity index is 821. The van der Waals surface area contributed by atoms with Crippen molar-refractivity contribution in [2.75, 3.05) is 5.32 Å². The Kier molecular flexibility index (Phi) is 3.37. The third-order valence-electron chi connectivity index (χ3n) is 2.95. The molecule has 3 aromatic rings. The van der Waals surface area contributed by atoms with Gasteiger partial charge in [-0.1, -0.05) is 11.6 Å². The van der Waals surface area contributed by atoms with Gasteiger partial charge in [-0.15, -0.1) is 0 Å². The summed E-state index contributed by atoms with van der Waals surface area (Å²) in [4.78, 5) is 18.4. The molecule has 104 valence electrons. The number of nitrogens with one attached hydrogen (secondary N) is 1. The van der Waals surface area contributed by atoms with E-state index in [0.29, 0.717) is 10.7 Å². The van der Waals surface area contributed by atoms with Crippen LogP contribution in [0.25, 0.3) is 10.9 Å². The summed E-state index contributed by atoms with van der Waals surface area (Å²) >= 11 is 5.91. The van der Waals surface area contributed by atoms with E-state index in [1.807, 2.05) is 0 Å². The fraction of sp³-hybridized carbons (Fsp3) is 0. The van der Waals surface area contributed by atoms with Gasteiger partial charge >= 0.3 is 0 Å². The second-order valence-electron chi connectivity index (χ2n) is 4.31. The molecule has 3 rings (SSSR count). The van der Waals surface area contributed by atoms with E-state index in [1.165, 1.54) is 12.1 Å². The van der Waals surface area contributed by atoms with Crippen molar-refractivity contribution < 1.29 is 4.92 Å². The Labute approximate surface area is 124 Å².